The zero-order valence-corrected chi connectivity index (χ0v) is 14.8. The molecule has 0 radical (unpaired) electrons. The van der Waals surface area contributed by atoms with Crippen molar-refractivity contribution in [2.24, 2.45) is 5.92 Å². The Bertz CT molecular complexity index is 536. The van der Waals surface area contributed by atoms with Crippen molar-refractivity contribution in [3.05, 3.63) is 29.3 Å². The van der Waals surface area contributed by atoms with Gasteiger partial charge in [0, 0.05) is 18.7 Å². The molecule has 1 saturated carbocycles. The molecule has 0 heterocycles. The number of benzene rings is 1. The van der Waals surface area contributed by atoms with Gasteiger partial charge in [-0.1, -0.05) is 18.2 Å². The van der Waals surface area contributed by atoms with Crippen molar-refractivity contribution in [3.63, 3.8) is 0 Å². The Balaban J connectivity index is 1.56. The van der Waals surface area contributed by atoms with Crippen LogP contribution in [-0.2, 0) is 9.59 Å². The smallest absolute Gasteiger partial charge is 0.230 e. The Morgan fingerprint density at radius 2 is 1.87 bits per heavy atom. The summed E-state index contributed by atoms with van der Waals surface area (Å²) in [5.74, 6) is 2.20. The molecular weight excluding hydrogens is 308 g/mol. The van der Waals surface area contributed by atoms with E-state index in [1.54, 1.807) is 11.8 Å². The summed E-state index contributed by atoms with van der Waals surface area (Å²) in [5.41, 5.74) is 3.09. The summed E-state index contributed by atoms with van der Waals surface area (Å²) in [5, 5.41) is 5.94. The van der Waals surface area contributed by atoms with E-state index in [-0.39, 0.29) is 11.8 Å². The summed E-state index contributed by atoms with van der Waals surface area (Å²) in [7, 11) is 0. The minimum Gasteiger partial charge on any atom is -0.355 e. The lowest BCUT2D eigenvalue weighted by molar-refractivity contribution is -0.118. The molecule has 0 bridgehead atoms. The summed E-state index contributed by atoms with van der Waals surface area (Å²) in [4.78, 5) is 23.6. The molecule has 0 saturated heterocycles. The van der Waals surface area contributed by atoms with E-state index in [1.165, 1.54) is 12.8 Å². The van der Waals surface area contributed by atoms with Crippen LogP contribution in [0.15, 0.2) is 18.2 Å². The molecule has 1 aromatic carbocycles. The van der Waals surface area contributed by atoms with Crippen molar-refractivity contribution >= 4 is 29.3 Å². The molecule has 126 valence electrons. The lowest BCUT2D eigenvalue weighted by Gasteiger charge is -2.11. The van der Waals surface area contributed by atoms with Crippen LogP contribution in [0.4, 0.5) is 5.69 Å². The lowest BCUT2D eigenvalue weighted by atomic mass is 10.1. The van der Waals surface area contributed by atoms with Crippen LogP contribution in [0.5, 0.6) is 0 Å². The van der Waals surface area contributed by atoms with Gasteiger partial charge in [0.05, 0.1) is 5.75 Å². The summed E-state index contributed by atoms with van der Waals surface area (Å²) in [6.45, 7) is 4.83. The molecule has 0 spiro atoms. The van der Waals surface area contributed by atoms with E-state index in [0.29, 0.717) is 12.2 Å². The van der Waals surface area contributed by atoms with E-state index in [4.69, 9.17) is 0 Å². The largest absolute Gasteiger partial charge is 0.355 e. The first kappa shape index (κ1) is 17.9. The van der Waals surface area contributed by atoms with Crippen molar-refractivity contribution in [1.29, 1.82) is 0 Å². The zero-order valence-electron chi connectivity index (χ0n) is 14.0. The minimum atomic E-state index is 0.0428. The van der Waals surface area contributed by atoms with Gasteiger partial charge in [-0.3, -0.25) is 9.59 Å². The predicted molar refractivity (Wildman–Crippen MR) is 96.8 cm³/mol. The number of carbonyl (C=O) groups excluding carboxylic acids is 2. The predicted octanol–water partition coefficient (Wildman–Crippen LogP) is 3.28. The Labute approximate surface area is 142 Å². The first-order chi connectivity index (χ1) is 11.1. The van der Waals surface area contributed by atoms with Gasteiger partial charge in [-0.2, -0.15) is 11.8 Å². The zero-order chi connectivity index (χ0) is 16.7. The maximum absolute atomic E-state index is 12.0. The Kier molecular flexibility index (Phi) is 6.96. The van der Waals surface area contributed by atoms with Crippen molar-refractivity contribution in [2.75, 3.05) is 23.4 Å². The van der Waals surface area contributed by atoms with Crippen molar-refractivity contribution in [2.45, 2.75) is 39.5 Å². The molecule has 1 fully saturated rings. The monoisotopic (exact) mass is 334 g/mol. The van der Waals surface area contributed by atoms with Crippen LogP contribution in [0.3, 0.4) is 0 Å². The second-order valence-corrected chi connectivity index (χ2v) is 7.32. The highest BCUT2D eigenvalue weighted by Crippen LogP contribution is 2.27. The summed E-state index contributed by atoms with van der Waals surface area (Å²) in [6, 6.07) is 5.99. The first-order valence-corrected chi connectivity index (χ1v) is 9.42. The van der Waals surface area contributed by atoms with Gasteiger partial charge in [-0.25, -0.2) is 0 Å². The van der Waals surface area contributed by atoms with E-state index in [2.05, 4.69) is 10.6 Å². The maximum atomic E-state index is 12.0. The van der Waals surface area contributed by atoms with E-state index in [9.17, 15) is 9.59 Å². The van der Waals surface area contributed by atoms with Gasteiger partial charge < -0.3 is 10.6 Å². The number of para-hydroxylation sites is 1. The number of rotatable bonds is 9. The van der Waals surface area contributed by atoms with Crippen LogP contribution in [-0.4, -0.2) is 29.9 Å². The van der Waals surface area contributed by atoms with E-state index < -0.39 is 0 Å². The molecule has 2 amide bonds. The molecule has 4 nitrogen and oxygen atoms in total. The fourth-order valence-electron chi connectivity index (χ4n) is 2.34. The number of amides is 2. The molecule has 0 aliphatic heterocycles. The van der Waals surface area contributed by atoms with Crippen molar-refractivity contribution in [1.82, 2.24) is 5.32 Å². The highest BCUT2D eigenvalue weighted by atomic mass is 32.2. The molecule has 0 unspecified atom stereocenters. The summed E-state index contributed by atoms with van der Waals surface area (Å²) < 4.78 is 0. The molecule has 5 heteroatoms. The third-order valence-electron chi connectivity index (χ3n) is 3.96. The van der Waals surface area contributed by atoms with Gasteiger partial charge >= 0.3 is 0 Å². The Morgan fingerprint density at radius 1 is 1.17 bits per heavy atom. The molecule has 0 aromatic heterocycles. The topological polar surface area (TPSA) is 58.2 Å². The molecular formula is C18H26N2O2S. The molecule has 23 heavy (non-hydrogen) atoms. The summed E-state index contributed by atoms with van der Waals surface area (Å²) in [6.07, 6.45) is 3.79. The standard InChI is InChI=1S/C18H26N2O2S/c1-13-5-3-6-14(2)18(13)20-16(21)7-4-10-23-12-17(22)19-11-15-8-9-15/h3,5-6,15H,4,7-12H2,1-2H3,(H,19,22)(H,20,21). The maximum Gasteiger partial charge on any atom is 0.230 e. The van der Waals surface area contributed by atoms with Gasteiger partial charge in [0.15, 0.2) is 0 Å². The highest BCUT2D eigenvalue weighted by molar-refractivity contribution is 7.99. The number of anilines is 1. The fraction of sp³-hybridized carbons (Fsp3) is 0.556. The molecule has 2 rings (SSSR count). The summed E-state index contributed by atoms with van der Waals surface area (Å²) >= 11 is 1.60. The molecule has 1 aliphatic carbocycles. The lowest BCUT2D eigenvalue weighted by Crippen LogP contribution is -2.27. The number of hydrogen-bond donors (Lipinski definition) is 2. The molecule has 2 N–H and O–H groups in total. The molecule has 1 aliphatic rings. The van der Waals surface area contributed by atoms with Crippen LogP contribution in [0.1, 0.15) is 36.8 Å². The average molecular weight is 334 g/mol. The number of thioether (sulfide) groups is 1. The van der Waals surface area contributed by atoms with E-state index in [1.807, 2.05) is 32.0 Å². The van der Waals surface area contributed by atoms with Crippen LogP contribution in [0, 0.1) is 19.8 Å². The Morgan fingerprint density at radius 3 is 2.52 bits per heavy atom. The average Bonchev–Trinajstić information content (AvgIpc) is 3.33. The fourth-order valence-corrected chi connectivity index (χ4v) is 3.12. The number of aryl methyl sites for hydroxylation is 2. The SMILES string of the molecule is Cc1cccc(C)c1NC(=O)CCCSCC(=O)NCC1CC1. The Hall–Kier alpha value is -1.49. The van der Waals surface area contributed by atoms with Crippen molar-refractivity contribution in [3.8, 4) is 0 Å². The quantitative estimate of drug-likeness (QED) is 0.681. The highest BCUT2D eigenvalue weighted by Gasteiger charge is 2.21. The van der Waals surface area contributed by atoms with Crippen LogP contribution in [0.25, 0.3) is 0 Å². The molecule has 0 atom stereocenters. The van der Waals surface area contributed by atoms with Gasteiger partial charge in [-0.05, 0) is 55.9 Å². The van der Waals surface area contributed by atoms with Gasteiger partial charge in [0.25, 0.3) is 0 Å². The minimum absolute atomic E-state index is 0.0428. The van der Waals surface area contributed by atoms with Crippen LogP contribution >= 0.6 is 11.8 Å². The molecule has 1 aromatic rings. The second kappa shape index (κ2) is 8.96. The van der Waals surface area contributed by atoms with Crippen LogP contribution in [0.2, 0.25) is 0 Å². The number of hydrogen-bond acceptors (Lipinski definition) is 3. The van der Waals surface area contributed by atoms with Gasteiger partial charge in [0.2, 0.25) is 11.8 Å². The third kappa shape index (κ3) is 6.65. The number of carbonyl (C=O) groups is 2. The van der Waals surface area contributed by atoms with Crippen LogP contribution < -0.4 is 10.6 Å². The van der Waals surface area contributed by atoms with Gasteiger partial charge in [0.1, 0.15) is 0 Å². The second-order valence-electron chi connectivity index (χ2n) is 6.22. The third-order valence-corrected chi connectivity index (χ3v) is 5.00. The normalized spacial score (nSPS) is 13.7. The number of nitrogens with one attached hydrogen (secondary N) is 2. The van der Waals surface area contributed by atoms with Gasteiger partial charge in [-0.15, -0.1) is 0 Å². The van der Waals surface area contributed by atoms with E-state index >= 15 is 0 Å². The first-order valence-electron chi connectivity index (χ1n) is 8.27. The van der Waals surface area contributed by atoms with E-state index in [0.717, 1.165) is 41.5 Å². The van der Waals surface area contributed by atoms with Crippen molar-refractivity contribution < 1.29 is 9.59 Å².